The van der Waals surface area contributed by atoms with Crippen LogP contribution in [0.2, 0.25) is 0 Å². The molecule has 2 rings (SSSR count). The van der Waals surface area contributed by atoms with Gasteiger partial charge in [0.05, 0.1) is 0 Å². The Hall–Kier alpha value is -0.500. The van der Waals surface area contributed by atoms with Crippen LogP contribution in [0.3, 0.4) is 0 Å². The van der Waals surface area contributed by atoms with E-state index in [-0.39, 0.29) is 0 Å². The van der Waals surface area contributed by atoms with Gasteiger partial charge in [-0.25, -0.2) is 0 Å². The number of hydrogen-bond donors (Lipinski definition) is 0. The second kappa shape index (κ2) is 3.26. The average molecular weight is 165 g/mol. The van der Waals surface area contributed by atoms with Crippen molar-refractivity contribution in [1.29, 1.82) is 0 Å². The van der Waals surface area contributed by atoms with Crippen LogP contribution in [0.5, 0.6) is 0 Å². The highest BCUT2D eigenvalue weighted by Crippen LogP contribution is 2.39. The molecule has 0 aromatic carbocycles. The molecule has 1 aromatic rings. The molecule has 2 heteroatoms. The molecule has 11 heavy (non-hydrogen) atoms. The Morgan fingerprint density at radius 2 is 2.18 bits per heavy atom. The fourth-order valence-corrected chi connectivity index (χ4v) is 2.72. The predicted octanol–water partition coefficient (Wildman–Crippen LogP) is 2.65. The molecule has 1 aliphatic heterocycles. The first-order chi connectivity index (χ1) is 5.47. The first kappa shape index (κ1) is 7.17. The molecule has 0 aliphatic carbocycles. The molecule has 2 heterocycles. The van der Waals surface area contributed by atoms with Gasteiger partial charge >= 0.3 is 0 Å². The van der Waals surface area contributed by atoms with E-state index in [9.17, 15) is 0 Å². The smallest absolute Gasteiger partial charge is 0.0298 e. The minimum atomic E-state index is 0.748. The Morgan fingerprint density at radius 3 is 2.82 bits per heavy atom. The Labute approximate surface area is 71.2 Å². The molecule has 0 radical (unpaired) electrons. The van der Waals surface area contributed by atoms with Crippen molar-refractivity contribution in [2.75, 3.05) is 5.75 Å². The van der Waals surface area contributed by atoms with Crippen LogP contribution in [-0.2, 0) is 0 Å². The largest absolute Gasteiger partial charge is 0.265 e. The van der Waals surface area contributed by atoms with Gasteiger partial charge in [-0.2, -0.15) is 11.8 Å². The van der Waals surface area contributed by atoms with Crippen LogP contribution in [0.25, 0.3) is 0 Å². The van der Waals surface area contributed by atoms with Crippen molar-refractivity contribution < 1.29 is 0 Å². The summed E-state index contributed by atoms with van der Waals surface area (Å²) in [5, 5.41) is 0.748. The van der Waals surface area contributed by atoms with Crippen LogP contribution < -0.4 is 0 Å². The van der Waals surface area contributed by atoms with E-state index in [2.05, 4.69) is 28.9 Å². The molecule has 0 amide bonds. The van der Waals surface area contributed by atoms with Gasteiger partial charge in [0.2, 0.25) is 0 Å². The van der Waals surface area contributed by atoms with Gasteiger partial charge in [-0.3, -0.25) is 4.98 Å². The Kier molecular flexibility index (Phi) is 2.13. The third kappa shape index (κ3) is 1.56. The van der Waals surface area contributed by atoms with Crippen molar-refractivity contribution in [1.82, 2.24) is 4.98 Å². The Morgan fingerprint density at radius 1 is 1.36 bits per heavy atom. The van der Waals surface area contributed by atoms with Crippen molar-refractivity contribution in [3.05, 3.63) is 30.1 Å². The topological polar surface area (TPSA) is 12.9 Å². The van der Waals surface area contributed by atoms with Crippen molar-refractivity contribution in [3.63, 3.8) is 0 Å². The highest BCUT2D eigenvalue weighted by Gasteiger charge is 2.16. The molecule has 1 saturated heterocycles. The van der Waals surface area contributed by atoms with Crippen LogP contribution >= 0.6 is 11.8 Å². The van der Waals surface area contributed by atoms with Gasteiger partial charge in [0.25, 0.3) is 0 Å². The molecular formula is C9H11NS. The molecule has 58 valence electrons. The molecule has 1 aromatic heterocycles. The zero-order valence-corrected chi connectivity index (χ0v) is 7.18. The van der Waals surface area contributed by atoms with Crippen molar-refractivity contribution in [2.24, 2.45) is 0 Å². The van der Waals surface area contributed by atoms with Gasteiger partial charge < -0.3 is 0 Å². The number of rotatable bonds is 1. The summed E-state index contributed by atoms with van der Waals surface area (Å²) in [6.07, 6.45) is 6.48. The minimum Gasteiger partial charge on any atom is -0.265 e. The van der Waals surface area contributed by atoms with Crippen LogP contribution in [-0.4, -0.2) is 10.7 Å². The minimum absolute atomic E-state index is 0.748. The molecule has 0 bridgehead atoms. The zero-order chi connectivity index (χ0) is 7.52. The molecular weight excluding hydrogens is 154 g/mol. The SMILES string of the molecule is c1cc([C@H]2CCCS2)ccn1. The van der Waals surface area contributed by atoms with E-state index in [0.29, 0.717) is 0 Å². The van der Waals surface area contributed by atoms with Crippen LogP contribution in [0, 0.1) is 0 Å². The quantitative estimate of drug-likeness (QED) is 0.634. The molecule has 0 spiro atoms. The lowest BCUT2D eigenvalue weighted by molar-refractivity contribution is 0.828. The van der Waals surface area contributed by atoms with Crippen LogP contribution in [0.1, 0.15) is 23.7 Å². The summed E-state index contributed by atoms with van der Waals surface area (Å²) in [4.78, 5) is 4.01. The first-order valence-corrected chi connectivity index (χ1v) is 5.03. The van der Waals surface area contributed by atoms with Gasteiger partial charge in [-0.05, 0) is 36.3 Å². The molecule has 1 atom stereocenters. The number of nitrogens with zero attached hydrogens (tertiary/aromatic N) is 1. The maximum atomic E-state index is 4.01. The van der Waals surface area contributed by atoms with E-state index in [1.807, 2.05) is 12.4 Å². The lowest BCUT2D eigenvalue weighted by Crippen LogP contribution is -1.87. The lowest BCUT2D eigenvalue weighted by Gasteiger charge is -2.06. The van der Waals surface area contributed by atoms with Gasteiger partial charge in [-0.1, -0.05) is 0 Å². The van der Waals surface area contributed by atoms with Gasteiger partial charge in [0.15, 0.2) is 0 Å². The summed E-state index contributed by atoms with van der Waals surface area (Å²) in [6, 6.07) is 4.26. The summed E-state index contributed by atoms with van der Waals surface area (Å²) in [5.74, 6) is 1.33. The zero-order valence-electron chi connectivity index (χ0n) is 6.36. The fraction of sp³-hybridized carbons (Fsp3) is 0.444. The summed E-state index contributed by atoms with van der Waals surface area (Å²) >= 11 is 2.07. The molecule has 0 unspecified atom stereocenters. The molecule has 0 saturated carbocycles. The van der Waals surface area contributed by atoms with E-state index >= 15 is 0 Å². The maximum Gasteiger partial charge on any atom is 0.0298 e. The molecule has 0 N–H and O–H groups in total. The summed E-state index contributed by atoms with van der Waals surface area (Å²) < 4.78 is 0. The Bertz CT molecular complexity index is 216. The number of aromatic nitrogens is 1. The van der Waals surface area contributed by atoms with E-state index in [1.165, 1.54) is 24.2 Å². The van der Waals surface area contributed by atoms with Crippen LogP contribution in [0.4, 0.5) is 0 Å². The summed E-state index contributed by atoms with van der Waals surface area (Å²) in [7, 11) is 0. The standard InChI is InChI=1S/C9H11NS/c1-2-9(11-7-1)8-3-5-10-6-4-8/h3-6,9H,1-2,7H2/t9-/m1/s1. The van der Waals surface area contributed by atoms with Crippen molar-refractivity contribution >= 4 is 11.8 Å². The highest BCUT2D eigenvalue weighted by atomic mass is 32.2. The normalized spacial score (nSPS) is 23.8. The van der Waals surface area contributed by atoms with Gasteiger partial charge in [0.1, 0.15) is 0 Å². The van der Waals surface area contributed by atoms with E-state index in [0.717, 1.165) is 5.25 Å². The Balaban J connectivity index is 2.16. The van der Waals surface area contributed by atoms with E-state index < -0.39 is 0 Å². The first-order valence-electron chi connectivity index (χ1n) is 3.98. The molecule has 1 aliphatic rings. The summed E-state index contributed by atoms with van der Waals surface area (Å²) in [5.41, 5.74) is 1.45. The lowest BCUT2D eigenvalue weighted by atomic mass is 10.1. The second-order valence-electron chi connectivity index (χ2n) is 2.78. The third-order valence-electron chi connectivity index (χ3n) is 2.01. The fourth-order valence-electron chi connectivity index (χ4n) is 1.42. The van der Waals surface area contributed by atoms with Crippen molar-refractivity contribution in [2.45, 2.75) is 18.1 Å². The predicted molar refractivity (Wildman–Crippen MR) is 48.7 cm³/mol. The second-order valence-corrected chi connectivity index (χ2v) is 4.09. The van der Waals surface area contributed by atoms with Gasteiger partial charge in [0, 0.05) is 17.6 Å². The number of pyridine rings is 1. The average Bonchev–Trinajstić information content (AvgIpc) is 2.58. The van der Waals surface area contributed by atoms with E-state index in [4.69, 9.17) is 0 Å². The highest BCUT2D eigenvalue weighted by molar-refractivity contribution is 7.99. The molecule has 1 fully saturated rings. The maximum absolute atomic E-state index is 4.01. The van der Waals surface area contributed by atoms with Crippen molar-refractivity contribution in [3.8, 4) is 0 Å². The van der Waals surface area contributed by atoms with Crippen LogP contribution in [0.15, 0.2) is 24.5 Å². The number of hydrogen-bond acceptors (Lipinski definition) is 2. The third-order valence-corrected chi connectivity index (χ3v) is 3.44. The molecule has 1 nitrogen and oxygen atoms in total. The number of thioether (sulfide) groups is 1. The van der Waals surface area contributed by atoms with E-state index in [1.54, 1.807) is 0 Å². The van der Waals surface area contributed by atoms with Gasteiger partial charge in [-0.15, -0.1) is 0 Å². The monoisotopic (exact) mass is 165 g/mol. The summed E-state index contributed by atoms with van der Waals surface area (Å²) in [6.45, 7) is 0.